The molecule has 0 saturated carbocycles. The van der Waals surface area contributed by atoms with Gasteiger partial charge in [0.05, 0.1) is 12.2 Å². The Hall–Kier alpha value is -1.08. The molecule has 2 N–H and O–H groups in total. The van der Waals surface area contributed by atoms with E-state index in [4.69, 9.17) is 16.7 Å². The molecule has 0 aliphatic heterocycles. The SMILES string of the molecule is OCCC(Nc1nc(Cl)ncc1F)C(F)F. The number of halogens is 4. The van der Waals surface area contributed by atoms with Crippen LogP contribution in [0.15, 0.2) is 6.20 Å². The quantitative estimate of drug-likeness (QED) is 0.787. The lowest BCUT2D eigenvalue weighted by molar-refractivity contribution is 0.109. The lowest BCUT2D eigenvalue weighted by Crippen LogP contribution is -2.29. The molecule has 0 amide bonds. The Balaban J connectivity index is 2.80. The van der Waals surface area contributed by atoms with Crippen LogP contribution in [-0.4, -0.2) is 34.1 Å². The van der Waals surface area contributed by atoms with Crippen LogP contribution in [0.3, 0.4) is 0 Å². The zero-order valence-electron chi connectivity index (χ0n) is 8.00. The summed E-state index contributed by atoms with van der Waals surface area (Å²) >= 11 is 5.39. The molecule has 4 nitrogen and oxygen atoms in total. The Morgan fingerprint density at radius 3 is 2.75 bits per heavy atom. The average Bonchev–Trinajstić information content (AvgIpc) is 2.22. The molecule has 0 aliphatic rings. The third-order valence-electron chi connectivity index (χ3n) is 1.78. The lowest BCUT2D eigenvalue weighted by atomic mass is 10.2. The molecule has 0 saturated heterocycles. The predicted octanol–water partition coefficient (Wildman–Crippen LogP) is 1.70. The summed E-state index contributed by atoms with van der Waals surface area (Å²) in [5.41, 5.74) is 0. The molecule has 8 heteroatoms. The highest BCUT2D eigenvalue weighted by atomic mass is 35.5. The third kappa shape index (κ3) is 3.49. The van der Waals surface area contributed by atoms with Crippen molar-refractivity contribution in [3.05, 3.63) is 17.3 Å². The maximum Gasteiger partial charge on any atom is 0.258 e. The summed E-state index contributed by atoms with van der Waals surface area (Å²) in [4.78, 5) is 6.77. The molecule has 0 fully saturated rings. The molecule has 0 aromatic carbocycles. The number of aromatic nitrogens is 2. The van der Waals surface area contributed by atoms with Gasteiger partial charge in [-0.3, -0.25) is 0 Å². The van der Waals surface area contributed by atoms with E-state index in [1.54, 1.807) is 0 Å². The first kappa shape index (κ1) is 13.0. The maximum atomic E-state index is 13.1. The molecule has 1 aromatic rings. The van der Waals surface area contributed by atoms with Crippen LogP contribution >= 0.6 is 11.6 Å². The minimum Gasteiger partial charge on any atom is -0.396 e. The molecule has 0 radical (unpaired) electrons. The second-order valence-electron chi connectivity index (χ2n) is 2.93. The van der Waals surface area contributed by atoms with Gasteiger partial charge in [-0.25, -0.2) is 18.2 Å². The summed E-state index contributed by atoms with van der Waals surface area (Å²) in [5.74, 6) is -1.29. The van der Waals surface area contributed by atoms with E-state index in [0.29, 0.717) is 0 Å². The first-order valence-electron chi connectivity index (χ1n) is 4.38. The molecule has 0 aliphatic carbocycles. The number of alkyl halides is 2. The molecule has 16 heavy (non-hydrogen) atoms. The van der Waals surface area contributed by atoms with Crippen LogP contribution in [0.1, 0.15) is 6.42 Å². The molecule has 1 unspecified atom stereocenters. The van der Waals surface area contributed by atoms with Crippen molar-refractivity contribution in [1.29, 1.82) is 0 Å². The van der Waals surface area contributed by atoms with E-state index in [1.165, 1.54) is 0 Å². The van der Waals surface area contributed by atoms with Crippen molar-refractivity contribution in [1.82, 2.24) is 9.97 Å². The van der Waals surface area contributed by atoms with Crippen LogP contribution < -0.4 is 5.32 Å². The van der Waals surface area contributed by atoms with Crippen LogP contribution in [0.25, 0.3) is 0 Å². The molecule has 90 valence electrons. The summed E-state index contributed by atoms with van der Waals surface area (Å²) < 4.78 is 37.9. The molecule has 1 atom stereocenters. The van der Waals surface area contributed by atoms with E-state index in [-0.39, 0.29) is 11.7 Å². The number of aliphatic hydroxyl groups excluding tert-OH is 1. The van der Waals surface area contributed by atoms with Gasteiger partial charge in [0, 0.05) is 6.61 Å². The predicted molar refractivity (Wildman–Crippen MR) is 52.1 cm³/mol. The largest absolute Gasteiger partial charge is 0.396 e. The average molecular weight is 256 g/mol. The molecule has 1 aromatic heterocycles. The number of hydrogen-bond acceptors (Lipinski definition) is 4. The van der Waals surface area contributed by atoms with Gasteiger partial charge in [-0.2, -0.15) is 4.98 Å². The first-order chi connectivity index (χ1) is 7.54. The van der Waals surface area contributed by atoms with Crippen molar-refractivity contribution >= 4 is 17.4 Å². The zero-order valence-corrected chi connectivity index (χ0v) is 8.76. The molecule has 0 spiro atoms. The fraction of sp³-hybridized carbons (Fsp3) is 0.500. The van der Waals surface area contributed by atoms with Crippen LogP contribution in [0, 0.1) is 5.82 Å². The third-order valence-corrected chi connectivity index (χ3v) is 1.96. The van der Waals surface area contributed by atoms with Gasteiger partial charge in [-0.15, -0.1) is 0 Å². The van der Waals surface area contributed by atoms with E-state index >= 15 is 0 Å². The van der Waals surface area contributed by atoms with Gasteiger partial charge in [0.25, 0.3) is 6.43 Å². The topological polar surface area (TPSA) is 58.0 Å². The van der Waals surface area contributed by atoms with E-state index in [2.05, 4.69) is 15.3 Å². The smallest absolute Gasteiger partial charge is 0.258 e. The second kappa shape index (κ2) is 5.86. The number of rotatable bonds is 5. The monoisotopic (exact) mass is 255 g/mol. The van der Waals surface area contributed by atoms with Gasteiger partial charge < -0.3 is 10.4 Å². The maximum absolute atomic E-state index is 13.1. The summed E-state index contributed by atoms with van der Waals surface area (Å²) in [6.07, 6.45) is -2.20. The Morgan fingerprint density at radius 1 is 1.50 bits per heavy atom. The number of nitrogens with one attached hydrogen (secondary N) is 1. The Kier molecular flexibility index (Phi) is 4.75. The van der Waals surface area contributed by atoms with Crippen molar-refractivity contribution in [3.63, 3.8) is 0 Å². The first-order valence-corrected chi connectivity index (χ1v) is 4.76. The van der Waals surface area contributed by atoms with E-state index in [1.807, 2.05) is 0 Å². The van der Waals surface area contributed by atoms with Crippen LogP contribution in [0.5, 0.6) is 0 Å². The van der Waals surface area contributed by atoms with Crippen molar-refractivity contribution in [3.8, 4) is 0 Å². The highest BCUT2D eigenvalue weighted by Gasteiger charge is 2.21. The van der Waals surface area contributed by atoms with Crippen LogP contribution in [0.4, 0.5) is 19.0 Å². The Morgan fingerprint density at radius 2 is 2.19 bits per heavy atom. The molecule has 1 rings (SSSR count). The van der Waals surface area contributed by atoms with Crippen molar-refractivity contribution in [2.24, 2.45) is 0 Å². The normalized spacial score (nSPS) is 12.9. The second-order valence-corrected chi connectivity index (χ2v) is 3.27. The van der Waals surface area contributed by atoms with Gasteiger partial charge in [0.15, 0.2) is 11.6 Å². The molecule has 1 heterocycles. The fourth-order valence-electron chi connectivity index (χ4n) is 1.02. The number of nitrogens with zero attached hydrogens (tertiary/aromatic N) is 2. The van der Waals surface area contributed by atoms with Gasteiger partial charge >= 0.3 is 0 Å². The summed E-state index contributed by atoms with van der Waals surface area (Å²) in [6.45, 7) is -0.442. The summed E-state index contributed by atoms with van der Waals surface area (Å²) in [7, 11) is 0. The minimum absolute atomic E-state index is 0.223. The fourth-order valence-corrected chi connectivity index (χ4v) is 1.16. The number of anilines is 1. The highest BCUT2D eigenvalue weighted by Crippen LogP contribution is 2.16. The van der Waals surface area contributed by atoms with Gasteiger partial charge in [0.1, 0.15) is 0 Å². The molecule has 0 bridgehead atoms. The highest BCUT2D eigenvalue weighted by molar-refractivity contribution is 6.28. The number of hydrogen-bond donors (Lipinski definition) is 2. The van der Waals surface area contributed by atoms with Crippen LogP contribution in [-0.2, 0) is 0 Å². The summed E-state index contributed by atoms with van der Waals surface area (Å²) in [6, 6.07) is -1.38. The van der Waals surface area contributed by atoms with Crippen LogP contribution in [0.2, 0.25) is 5.28 Å². The van der Waals surface area contributed by atoms with E-state index in [0.717, 1.165) is 6.20 Å². The van der Waals surface area contributed by atoms with Gasteiger partial charge in [-0.1, -0.05) is 0 Å². The van der Waals surface area contributed by atoms with E-state index < -0.39 is 30.7 Å². The van der Waals surface area contributed by atoms with Crippen molar-refractivity contribution in [2.45, 2.75) is 18.9 Å². The Labute approximate surface area is 94.5 Å². The molecular weight excluding hydrogens is 247 g/mol. The zero-order chi connectivity index (χ0) is 12.1. The van der Waals surface area contributed by atoms with Gasteiger partial charge in [0.2, 0.25) is 5.28 Å². The van der Waals surface area contributed by atoms with Gasteiger partial charge in [-0.05, 0) is 18.0 Å². The van der Waals surface area contributed by atoms with E-state index in [9.17, 15) is 13.2 Å². The molecular formula is C8H9ClF3N3O. The summed E-state index contributed by atoms with van der Waals surface area (Å²) in [5, 5.41) is 10.5. The number of aliphatic hydroxyl groups is 1. The van der Waals surface area contributed by atoms with Crippen molar-refractivity contribution in [2.75, 3.05) is 11.9 Å². The minimum atomic E-state index is -2.75. The Bertz CT molecular complexity index is 353. The standard InChI is InChI=1S/C8H9ClF3N3O/c9-8-13-3-4(10)7(15-8)14-5(1-2-16)6(11)12/h3,5-6,16H,1-2H2,(H,13,14,15). The van der Waals surface area contributed by atoms with Crippen molar-refractivity contribution < 1.29 is 18.3 Å². The lowest BCUT2D eigenvalue weighted by Gasteiger charge is -2.17.